The maximum Gasteiger partial charge on any atom is 0.0351 e. The summed E-state index contributed by atoms with van der Waals surface area (Å²) in [5, 5.41) is 0. The van der Waals surface area contributed by atoms with E-state index in [-0.39, 0.29) is 0 Å². The van der Waals surface area contributed by atoms with Crippen LogP contribution >= 0.6 is 11.6 Å². The van der Waals surface area contributed by atoms with Crippen LogP contribution in [0.25, 0.3) is 0 Å². The zero-order valence-electron chi connectivity index (χ0n) is 9.61. The van der Waals surface area contributed by atoms with Crippen molar-refractivity contribution >= 4 is 11.6 Å². The zero-order valence-corrected chi connectivity index (χ0v) is 10.4. The summed E-state index contributed by atoms with van der Waals surface area (Å²) < 4.78 is 0. The fraction of sp³-hybridized carbons (Fsp3) is 0.538. The number of nitrogens with zero attached hydrogens (tertiary/aromatic N) is 2. The van der Waals surface area contributed by atoms with Crippen molar-refractivity contribution in [2.24, 2.45) is 0 Å². The minimum Gasteiger partial charge on any atom is -0.300 e. The van der Waals surface area contributed by atoms with Gasteiger partial charge in [-0.1, -0.05) is 30.3 Å². The summed E-state index contributed by atoms with van der Waals surface area (Å²) in [5.74, 6) is 0.749. The molecule has 1 aliphatic heterocycles. The third kappa shape index (κ3) is 3.48. The van der Waals surface area contributed by atoms with E-state index in [4.69, 9.17) is 11.6 Å². The first-order valence-corrected chi connectivity index (χ1v) is 6.46. The van der Waals surface area contributed by atoms with Gasteiger partial charge in [0.15, 0.2) is 0 Å². The first kappa shape index (κ1) is 11.9. The molecule has 0 radical (unpaired) electrons. The van der Waals surface area contributed by atoms with Crippen molar-refractivity contribution in [3.05, 3.63) is 35.9 Å². The van der Waals surface area contributed by atoms with Crippen LogP contribution in [0.2, 0.25) is 0 Å². The molecule has 1 saturated heterocycles. The largest absolute Gasteiger partial charge is 0.300 e. The molecule has 88 valence electrons. The van der Waals surface area contributed by atoms with Gasteiger partial charge in [-0.05, 0) is 5.56 Å². The van der Waals surface area contributed by atoms with Crippen LogP contribution in [0.3, 0.4) is 0 Å². The van der Waals surface area contributed by atoms with Crippen molar-refractivity contribution in [2.75, 3.05) is 38.6 Å². The predicted octanol–water partition coefficient (Wildman–Crippen LogP) is 2.04. The lowest BCUT2D eigenvalue weighted by molar-refractivity contribution is 0.132. The van der Waals surface area contributed by atoms with Gasteiger partial charge in [0.05, 0.1) is 0 Å². The smallest absolute Gasteiger partial charge is 0.0351 e. The molecule has 3 heteroatoms. The van der Waals surface area contributed by atoms with Gasteiger partial charge < -0.3 is 0 Å². The number of hydrogen-bond acceptors (Lipinski definition) is 2. The molecule has 0 spiro atoms. The van der Waals surface area contributed by atoms with E-state index >= 15 is 0 Å². The summed E-state index contributed by atoms with van der Waals surface area (Å²) >= 11 is 5.75. The summed E-state index contributed by atoms with van der Waals surface area (Å²) in [7, 11) is 0. The molecule has 0 atom stereocenters. The molecular weight excluding hydrogens is 220 g/mol. The van der Waals surface area contributed by atoms with Crippen molar-refractivity contribution in [3.8, 4) is 0 Å². The Labute approximate surface area is 103 Å². The van der Waals surface area contributed by atoms with Crippen molar-refractivity contribution < 1.29 is 0 Å². The Bertz CT molecular complexity index is 294. The summed E-state index contributed by atoms with van der Waals surface area (Å²) in [6.07, 6.45) is 0. The maximum atomic E-state index is 5.75. The van der Waals surface area contributed by atoms with Gasteiger partial charge in [0.25, 0.3) is 0 Å². The van der Waals surface area contributed by atoms with Gasteiger partial charge >= 0.3 is 0 Å². The molecule has 0 aliphatic carbocycles. The Kier molecular flexibility index (Phi) is 4.64. The van der Waals surface area contributed by atoms with Crippen LogP contribution in [0.5, 0.6) is 0 Å². The summed E-state index contributed by atoms with van der Waals surface area (Å²) in [6.45, 7) is 6.73. The molecule has 0 N–H and O–H groups in total. The van der Waals surface area contributed by atoms with Crippen LogP contribution in [0.4, 0.5) is 0 Å². The first-order valence-electron chi connectivity index (χ1n) is 5.93. The molecule has 0 amide bonds. The lowest BCUT2D eigenvalue weighted by atomic mass is 10.2. The van der Waals surface area contributed by atoms with Crippen LogP contribution in [-0.4, -0.2) is 48.4 Å². The second-order valence-electron chi connectivity index (χ2n) is 4.29. The fourth-order valence-corrected chi connectivity index (χ4v) is 2.37. The van der Waals surface area contributed by atoms with Crippen LogP contribution in [-0.2, 0) is 6.54 Å². The van der Waals surface area contributed by atoms with Crippen LogP contribution in [0.15, 0.2) is 30.3 Å². The summed E-state index contributed by atoms with van der Waals surface area (Å²) in [6, 6.07) is 10.7. The highest BCUT2D eigenvalue weighted by atomic mass is 35.5. The van der Waals surface area contributed by atoms with E-state index in [0.717, 1.165) is 45.1 Å². The topological polar surface area (TPSA) is 6.48 Å². The fourth-order valence-electron chi connectivity index (χ4n) is 2.13. The maximum absolute atomic E-state index is 5.75. The average Bonchev–Trinajstić information content (AvgIpc) is 2.33. The van der Waals surface area contributed by atoms with Crippen molar-refractivity contribution in [2.45, 2.75) is 6.54 Å². The monoisotopic (exact) mass is 238 g/mol. The Morgan fingerprint density at radius 2 is 1.56 bits per heavy atom. The van der Waals surface area contributed by atoms with Gasteiger partial charge in [0.2, 0.25) is 0 Å². The standard InChI is InChI=1S/C13H19ClN2/c14-6-7-15-8-10-16(11-9-15)12-13-4-2-1-3-5-13/h1-5H,6-12H2. The van der Waals surface area contributed by atoms with Crippen molar-refractivity contribution in [3.63, 3.8) is 0 Å². The molecule has 0 aromatic heterocycles. The van der Waals surface area contributed by atoms with E-state index in [2.05, 4.69) is 40.1 Å². The highest BCUT2D eigenvalue weighted by molar-refractivity contribution is 6.18. The molecule has 2 rings (SSSR count). The minimum absolute atomic E-state index is 0.749. The van der Waals surface area contributed by atoms with E-state index in [1.54, 1.807) is 0 Å². The van der Waals surface area contributed by atoms with Gasteiger partial charge in [0.1, 0.15) is 0 Å². The zero-order chi connectivity index (χ0) is 11.2. The van der Waals surface area contributed by atoms with Gasteiger partial charge in [-0.25, -0.2) is 0 Å². The summed E-state index contributed by atoms with van der Waals surface area (Å²) in [5.41, 5.74) is 1.41. The van der Waals surface area contributed by atoms with Crippen molar-refractivity contribution in [1.82, 2.24) is 9.80 Å². The van der Waals surface area contributed by atoms with E-state index in [9.17, 15) is 0 Å². The molecule has 1 aromatic rings. The second kappa shape index (κ2) is 6.24. The van der Waals surface area contributed by atoms with E-state index in [0.29, 0.717) is 0 Å². The van der Waals surface area contributed by atoms with Gasteiger partial charge in [-0.2, -0.15) is 0 Å². The predicted molar refractivity (Wildman–Crippen MR) is 68.9 cm³/mol. The Hall–Kier alpha value is -0.570. The quantitative estimate of drug-likeness (QED) is 0.741. The van der Waals surface area contributed by atoms with Gasteiger partial charge in [-0.15, -0.1) is 11.6 Å². The van der Waals surface area contributed by atoms with Gasteiger partial charge in [-0.3, -0.25) is 9.80 Å². The van der Waals surface area contributed by atoms with E-state index in [1.807, 2.05) is 0 Å². The molecule has 1 aromatic carbocycles. The Morgan fingerprint density at radius 1 is 0.938 bits per heavy atom. The van der Waals surface area contributed by atoms with Crippen molar-refractivity contribution in [1.29, 1.82) is 0 Å². The number of halogens is 1. The normalized spacial score (nSPS) is 18.8. The molecule has 0 bridgehead atoms. The molecule has 1 aliphatic rings. The number of hydrogen-bond donors (Lipinski definition) is 0. The van der Waals surface area contributed by atoms with Crippen LogP contribution in [0.1, 0.15) is 5.56 Å². The summed E-state index contributed by atoms with van der Waals surface area (Å²) in [4.78, 5) is 4.95. The number of rotatable bonds is 4. The molecule has 1 fully saturated rings. The third-order valence-electron chi connectivity index (χ3n) is 3.11. The Morgan fingerprint density at radius 3 is 2.19 bits per heavy atom. The number of alkyl halides is 1. The molecule has 1 heterocycles. The van der Waals surface area contributed by atoms with Crippen LogP contribution < -0.4 is 0 Å². The minimum atomic E-state index is 0.749. The average molecular weight is 239 g/mol. The lowest BCUT2D eigenvalue weighted by Gasteiger charge is -2.34. The third-order valence-corrected chi connectivity index (χ3v) is 3.28. The SMILES string of the molecule is ClCCN1CCN(Cc2ccccc2)CC1. The lowest BCUT2D eigenvalue weighted by Crippen LogP contribution is -2.46. The first-order chi connectivity index (χ1) is 7.88. The van der Waals surface area contributed by atoms with E-state index in [1.165, 1.54) is 5.56 Å². The number of benzene rings is 1. The highest BCUT2D eigenvalue weighted by Gasteiger charge is 2.15. The molecule has 0 saturated carbocycles. The van der Waals surface area contributed by atoms with Crippen LogP contribution in [0, 0.1) is 0 Å². The highest BCUT2D eigenvalue weighted by Crippen LogP contribution is 2.08. The second-order valence-corrected chi connectivity index (χ2v) is 4.67. The molecular formula is C13H19ClN2. The molecule has 16 heavy (non-hydrogen) atoms. The Balaban J connectivity index is 1.77. The van der Waals surface area contributed by atoms with Gasteiger partial charge in [0, 0.05) is 45.1 Å². The number of piperazine rings is 1. The molecule has 2 nitrogen and oxygen atoms in total. The molecule has 0 unspecified atom stereocenters. The van der Waals surface area contributed by atoms with E-state index < -0.39 is 0 Å².